The second kappa shape index (κ2) is 14.4. The first-order chi connectivity index (χ1) is 19.2. The van der Waals surface area contributed by atoms with Gasteiger partial charge in [0, 0.05) is 44.2 Å². The van der Waals surface area contributed by atoms with E-state index in [0.29, 0.717) is 5.76 Å². The summed E-state index contributed by atoms with van der Waals surface area (Å²) in [5, 5.41) is 15.0. The van der Waals surface area contributed by atoms with Crippen molar-refractivity contribution in [1.82, 2.24) is 4.98 Å². The number of hydrogen-bond acceptors (Lipinski definition) is 3. The van der Waals surface area contributed by atoms with Crippen LogP contribution in [0.25, 0.3) is 32.8 Å². The molecule has 0 atom stereocenters. The number of rotatable bonds is 4. The molecule has 4 aromatic rings. The van der Waals surface area contributed by atoms with Crippen LogP contribution in [-0.4, -0.2) is 15.9 Å². The zero-order valence-corrected chi connectivity index (χ0v) is 25.5. The molecule has 0 bridgehead atoms. The Balaban J connectivity index is 0.000000199. The van der Waals surface area contributed by atoms with Crippen LogP contribution in [0.2, 0.25) is 0 Å². The number of aryl methyl sites for hydroxylation is 2. The average molecular weight is 725 g/mol. The van der Waals surface area contributed by atoms with Gasteiger partial charge in [0.05, 0.1) is 5.76 Å². The zero-order chi connectivity index (χ0) is 26.6. The second-order valence-electron chi connectivity index (χ2n) is 11.6. The molecule has 2 fully saturated rings. The van der Waals surface area contributed by atoms with Gasteiger partial charge in [0.15, 0.2) is 5.78 Å². The Hall–Kier alpha value is -2.81. The van der Waals surface area contributed by atoms with Crippen molar-refractivity contribution in [1.29, 1.82) is 0 Å². The monoisotopic (exact) mass is 725 g/mol. The predicted octanol–water partition coefficient (Wildman–Crippen LogP) is 9.75. The van der Waals surface area contributed by atoms with Crippen molar-refractivity contribution in [3.05, 3.63) is 89.8 Å². The summed E-state index contributed by atoms with van der Waals surface area (Å²) < 4.78 is 0. The first kappa shape index (κ1) is 31.1. The minimum Gasteiger partial charge on any atom is -0.512 e. The first-order valence-corrected chi connectivity index (χ1v) is 14.9. The van der Waals surface area contributed by atoms with E-state index in [1.54, 1.807) is 0 Å². The molecule has 217 valence electrons. The van der Waals surface area contributed by atoms with Gasteiger partial charge >= 0.3 is 0 Å². The molecule has 0 aliphatic heterocycles. The predicted molar refractivity (Wildman–Crippen MR) is 167 cm³/mol. The molecule has 1 radical (unpaired) electrons. The number of aliphatic hydroxyl groups is 1. The van der Waals surface area contributed by atoms with E-state index < -0.39 is 0 Å². The Morgan fingerprint density at radius 1 is 0.805 bits per heavy atom. The molecule has 0 spiro atoms. The number of ketones is 1. The van der Waals surface area contributed by atoms with Crippen LogP contribution in [0.3, 0.4) is 0 Å². The molecule has 41 heavy (non-hydrogen) atoms. The van der Waals surface area contributed by atoms with Crippen LogP contribution < -0.4 is 0 Å². The van der Waals surface area contributed by atoms with Gasteiger partial charge in [-0.25, -0.2) is 0 Å². The van der Waals surface area contributed by atoms with Gasteiger partial charge in [-0.15, -0.1) is 29.1 Å². The van der Waals surface area contributed by atoms with Crippen molar-refractivity contribution in [2.24, 2.45) is 11.8 Å². The Bertz CT molecular complexity index is 1490. The largest absolute Gasteiger partial charge is 0.512 e. The fourth-order valence-electron chi connectivity index (χ4n) is 6.85. The quantitative estimate of drug-likeness (QED) is 0.130. The number of fused-ring (bicyclic) bond motifs is 1. The minimum absolute atomic E-state index is 0. The first-order valence-electron chi connectivity index (χ1n) is 14.9. The summed E-state index contributed by atoms with van der Waals surface area (Å²) in [4.78, 5) is 16.7. The SMILES string of the molecule is C.O=C(C=C(O)C1CCCC1)C1CCCC1.[Ir].[c-]1ccc2ccccc2c1-c1ncc2c3c(cccc13)CCCC2. The van der Waals surface area contributed by atoms with Crippen molar-refractivity contribution in [2.45, 2.75) is 84.5 Å². The molecule has 2 saturated carbocycles. The van der Waals surface area contributed by atoms with Crippen molar-refractivity contribution >= 4 is 27.3 Å². The number of nitrogens with zero attached hydrogens (tertiary/aromatic N) is 1. The molecule has 0 unspecified atom stereocenters. The molecule has 4 heteroatoms. The number of allylic oxidation sites excluding steroid dienone is 2. The van der Waals surface area contributed by atoms with Crippen LogP contribution in [0.1, 0.15) is 82.8 Å². The van der Waals surface area contributed by atoms with E-state index in [1.165, 1.54) is 83.7 Å². The Kier molecular flexibility index (Phi) is 10.9. The van der Waals surface area contributed by atoms with E-state index in [2.05, 4.69) is 60.8 Å². The van der Waals surface area contributed by atoms with Crippen LogP contribution in [0.4, 0.5) is 0 Å². The number of aromatic nitrogens is 1. The third-order valence-corrected chi connectivity index (χ3v) is 9.00. The fourth-order valence-corrected chi connectivity index (χ4v) is 6.85. The van der Waals surface area contributed by atoms with Crippen LogP contribution >= 0.6 is 0 Å². The summed E-state index contributed by atoms with van der Waals surface area (Å²) in [5.41, 5.74) is 5.06. The number of benzene rings is 3. The van der Waals surface area contributed by atoms with Gasteiger partial charge in [-0.2, -0.15) is 0 Å². The third-order valence-electron chi connectivity index (χ3n) is 9.00. The molecule has 7 rings (SSSR count). The molecule has 1 N–H and O–H groups in total. The number of carbonyl (C=O) groups is 1. The van der Waals surface area contributed by atoms with Gasteiger partial charge in [0.25, 0.3) is 0 Å². The summed E-state index contributed by atoms with van der Waals surface area (Å²) in [6.07, 6.45) is 17.3. The molecule has 0 amide bonds. The molecule has 3 aromatic carbocycles. The number of carbonyl (C=O) groups excluding carboxylic acids is 1. The van der Waals surface area contributed by atoms with Gasteiger partial charge < -0.3 is 10.1 Å². The van der Waals surface area contributed by atoms with E-state index in [4.69, 9.17) is 4.98 Å². The van der Waals surface area contributed by atoms with E-state index in [9.17, 15) is 9.90 Å². The van der Waals surface area contributed by atoms with Crippen LogP contribution in [-0.2, 0) is 37.7 Å². The maximum atomic E-state index is 11.8. The normalized spacial score (nSPS) is 17.3. The molecule has 3 nitrogen and oxygen atoms in total. The maximum absolute atomic E-state index is 11.8. The topological polar surface area (TPSA) is 50.2 Å². The smallest absolute Gasteiger partial charge is 0.162 e. The van der Waals surface area contributed by atoms with E-state index in [1.807, 2.05) is 6.07 Å². The summed E-state index contributed by atoms with van der Waals surface area (Å²) in [6.45, 7) is 0. The van der Waals surface area contributed by atoms with Gasteiger partial charge in [-0.1, -0.05) is 81.0 Å². The average Bonchev–Trinajstić information content (AvgIpc) is 3.68. The van der Waals surface area contributed by atoms with Crippen LogP contribution in [0, 0.1) is 17.9 Å². The van der Waals surface area contributed by atoms with Crippen molar-refractivity contribution in [3.63, 3.8) is 0 Å². The van der Waals surface area contributed by atoms with Crippen molar-refractivity contribution in [3.8, 4) is 11.3 Å². The van der Waals surface area contributed by atoms with Gasteiger partial charge in [-0.05, 0) is 79.0 Å². The fraction of sp³-hybridized carbons (Fsp3) is 0.405. The second-order valence-corrected chi connectivity index (χ2v) is 11.6. The molecule has 3 aliphatic rings. The maximum Gasteiger partial charge on any atom is 0.162 e. The van der Waals surface area contributed by atoms with Crippen LogP contribution in [0.5, 0.6) is 0 Å². The Labute approximate surface area is 258 Å². The summed E-state index contributed by atoms with van der Waals surface area (Å²) in [7, 11) is 0. The molecular formula is C37H42IrNO2-. The van der Waals surface area contributed by atoms with Crippen molar-refractivity contribution < 1.29 is 30.0 Å². The molecule has 1 heterocycles. The zero-order valence-electron chi connectivity index (χ0n) is 23.1. The Morgan fingerprint density at radius 3 is 2.22 bits per heavy atom. The van der Waals surface area contributed by atoms with Gasteiger partial charge in [0.1, 0.15) is 0 Å². The number of aliphatic hydroxyl groups excluding tert-OH is 1. The van der Waals surface area contributed by atoms with Crippen LogP contribution in [0.15, 0.2) is 72.6 Å². The number of pyridine rings is 1. The van der Waals surface area contributed by atoms with Crippen molar-refractivity contribution in [2.75, 3.05) is 0 Å². The minimum atomic E-state index is 0. The van der Waals surface area contributed by atoms with E-state index in [0.717, 1.165) is 43.4 Å². The number of hydrogen-bond donors (Lipinski definition) is 1. The Morgan fingerprint density at radius 2 is 1.46 bits per heavy atom. The summed E-state index contributed by atoms with van der Waals surface area (Å²) in [6, 6.07) is 22.8. The molecule has 1 aromatic heterocycles. The standard InChI is InChI=1S/C23H18N.C13H20O2.CH4.Ir/c1-2-9-18-15-24-23(21-14-6-11-17(8-1)22(18)21)20-13-5-10-16-7-3-4-12-19(16)20;14-12(10-5-1-2-6-10)9-13(15)11-7-3-4-8-11;;/h3-7,10-12,14-15H,1-2,8-9H2;9-11,14H,1-8H2;1H4;/q-1;;;. The van der Waals surface area contributed by atoms with E-state index in [-0.39, 0.29) is 45.2 Å². The van der Waals surface area contributed by atoms with Gasteiger partial charge in [0.2, 0.25) is 0 Å². The molecular weight excluding hydrogens is 683 g/mol. The summed E-state index contributed by atoms with van der Waals surface area (Å²) >= 11 is 0. The third kappa shape index (κ3) is 6.82. The molecule has 3 aliphatic carbocycles. The van der Waals surface area contributed by atoms with E-state index >= 15 is 0 Å². The molecule has 0 saturated heterocycles. The van der Waals surface area contributed by atoms with Gasteiger partial charge in [-0.3, -0.25) is 4.79 Å². The summed E-state index contributed by atoms with van der Waals surface area (Å²) in [5.74, 6) is 0.991.